The zero-order chi connectivity index (χ0) is 16.5. The third kappa shape index (κ3) is 1.94. The molecule has 1 nitrogen and oxygen atoms in total. The first-order valence-corrected chi connectivity index (χ1v) is 9.91. The fraction of sp³-hybridized carbons (Fsp3) is 0.905. The van der Waals surface area contributed by atoms with E-state index < -0.39 is 11.1 Å². The normalized spacial score (nSPS) is 55.6. The van der Waals surface area contributed by atoms with Crippen LogP contribution in [-0.2, 0) is 0 Å². The van der Waals surface area contributed by atoms with Gasteiger partial charge in [-0.25, -0.2) is 4.39 Å². The van der Waals surface area contributed by atoms with Gasteiger partial charge in [0.05, 0.1) is 6.10 Å². The first kappa shape index (κ1) is 16.1. The second kappa shape index (κ2) is 5.07. The van der Waals surface area contributed by atoms with Crippen molar-refractivity contribution in [2.75, 3.05) is 0 Å². The maximum atomic E-state index is 16.6. The van der Waals surface area contributed by atoms with E-state index in [9.17, 15) is 5.11 Å². The Morgan fingerprint density at radius 2 is 1.96 bits per heavy atom. The molecule has 23 heavy (non-hydrogen) atoms. The Labute approximate surface area is 140 Å². The second-order valence-corrected chi connectivity index (χ2v) is 9.46. The number of hydrogen-bond acceptors (Lipinski definition) is 1. The first-order chi connectivity index (χ1) is 10.8. The van der Waals surface area contributed by atoms with Gasteiger partial charge in [0.1, 0.15) is 5.67 Å². The van der Waals surface area contributed by atoms with Crippen molar-refractivity contribution in [3.63, 3.8) is 0 Å². The molecule has 130 valence electrons. The minimum atomic E-state index is -1.09. The first-order valence-electron chi connectivity index (χ1n) is 9.91. The van der Waals surface area contributed by atoms with E-state index in [0.717, 1.165) is 31.6 Å². The molecule has 0 spiro atoms. The Hall–Kier alpha value is -0.370. The highest BCUT2D eigenvalue weighted by molar-refractivity contribution is 5.30. The standard InChI is InChI=1S/C21H33FO/c1-4-14-6-9-17-18-10-7-15-5-8-16(23)13-20(15,3)21(18,22)12-11-19(14,17)2/h5,14,16-18,23H,4,6-13H2,1-3H3/t14-,16?,17-,18-,19+,20-,21+/m0/s1. The summed E-state index contributed by atoms with van der Waals surface area (Å²) in [5.41, 5.74) is 0.167. The molecule has 0 aromatic rings. The summed E-state index contributed by atoms with van der Waals surface area (Å²) in [6, 6.07) is 0. The Balaban J connectivity index is 1.73. The predicted octanol–water partition coefficient (Wildman–Crippen LogP) is 5.43. The third-order valence-corrected chi connectivity index (χ3v) is 8.83. The van der Waals surface area contributed by atoms with E-state index in [0.29, 0.717) is 24.2 Å². The van der Waals surface area contributed by atoms with Crippen LogP contribution in [-0.4, -0.2) is 16.9 Å². The molecule has 0 aliphatic heterocycles. The Morgan fingerprint density at radius 1 is 1.17 bits per heavy atom. The fourth-order valence-electron chi connectivity index (χ4n) is 7.45. The molecule has 0 amide bonds. The molecule has 2 heteroatoms. The van der Waals surface area contributed by atoms with Gasteiger partial charge in [-0.2, -0.15) is 0 Å². The van der Waals surface area contributed by atoms with E-state index in [1.807, 2.05) is 0 Å². The molecule has 0 saturated heterocycles. The van der Waals surface area contributed by atoms with Gasteiger partial charge in [-0.3, -0.25) is 0 Å². The number of aliphatic hydroxyl groups is 1. The highest BCUT2D eigenvalue weighted by Crippen LogP contribution is 2.69. The van der Waals surface area contributed by atoms with Crippen molar-refractivity contribution in [2.45, 2.75) is 90.3 Å². The molecule has 0 bridgehead atoms. The minimum absolute atomic E-state index is 0.213. The molecule has 7 atom stereocenters. The van der Waals surface area contributed by atoms with Crippen molar-refractivity contribution in [1.29, 1.82) is 0 Å². The van der Waals surface area contributed by atoms with Crippen LogP contribution in [0.1, 0.15) is 78.6 Å². The number of alkyl halides is 1. The van der Waals surface area contributed by atoms with E-state index in [2.05, 4.69) is 26.8 Å². The van der Waals surface area contributed by atoms with Gasteiger partial charge < -0.3 is 5.11 Å². The van der Waals surface area contributed by atoms with Crippen LogP contribution in [0.4, 0.5) is 4.39 Å². The van der Waals surface area contributed by atoms with Crippen molar-refractivity contribution < 1.29 is 9.50 Å². The van der Waals surface area contributed by atoms with E-state index in [-0.39, 0.29) is 12.0 Å². The van der Waals surface area contributed by atoms with Gasteiger partial charge in [-0.1, -0.05) is 38.8 Å². The van der Waals surface area contributed by atoms with Crippen LogP contribution in [0.5, 0.6) is 0 Å². The Kier molecular flexibility index (Phi) is 3.55. The molecule has 4 rings (SSSR count). The molecule has 3 fully saturated rings. The average Bonchev–Trinajstić information content (AvgIpc) is 2.84. The molecule has 0 aromatic carbocycles. The summed E-state index contributed by atoms with van der Waals surface area (Å²) in [4.78, 5) is 0. The monoisotopic (exact) mass is 320 g/mol. The quantitative estimate of drug-likeness (QED) is 0.639. The molecule has 4 aliphatic rings. The lowest BCUT2D eigenvalue weighted by molar-refractivity contribution is -0.152. The van der Waals surface area contributed by atoms with Crippen LogP contribution in [0.25, 0.3) is 0 Å². The molecule has 0 radical (unpaired) electrons. The highest BCUT2D eigenvalue weighted by atomic mass is 19.1. The molecular formula is C21H33FO. The lowest BCUT2D eigenvalue weighted by Crippen LogP contribution is -2.61. The van der Waals surface area contributed by atoms with Crippen LogP contribution in [0, 0.1) is 28.6 Å². The molecule has 3 saturated carbocycles. The summed E-state index contributed by atoms with van der Waals surface area (Å²) in [7, 11) is 0. The molecule has 0 aromatic heterocycles. The lowest BCUT2D eigenvalue weighted by atomic mass is 9.45. The zero-order valence-corrected chi connectivity index (χ0v) is 15.1. The molecule has 1 N–H and O–H groups in total. The maximum absolute atomic E-state index is 16.6. The van der Waals surface area contributed by atoms with Crippen molar-refractivity contribution in [3.8, 4) is 0 Å². The Bertz CT molecular complexity index is 528. The number of halogens is 1. The summed E-state index contributed by atoms with van der Waals surface area (Å²) in [6.45, 7) is 6.90. The summed E-state index contributed by atoms with van der Waals surface area (Å²) < 4.78 is 16.6. The van der Waals surface area contributed by atoms with Gasteiger partial charge >= 0.3 is 0 Å². The van der Waals surface area contributed by atoms with Crippen LogP contribution >= 0.6 is 0 Å². The summed E-state index contributed by atoms with van der Waals surface area (Å²) in [5.74, 6) is 1.56. The number of fused-ring (bicyclic) bond motifs is 5. The van der Waals surface area contributed by atoms with Crippen molar-refractivity contribution in [2.24, 2.45) is 28.6 Å². The van der Waals surface area contributed by atoms with E-state index in [4.69, 9.17) is 0 Å². The van der Waals surface area contributed by atoms with E-state index in [1.54, 1.807) is 0 Å². The minimum Gasteiger partial charge on any atom is -0.393 e. The topological polar surface area (TPSA) is 20.2 Å². The van der Waals surface area contributed by atoms with Gasteiger partial charge in [0.15, 0.2) is 0 Å². The van der Waals surface area contributed by atoms with E-state index in [1.165, 1.54) is 24.8 Å². The number of allylic oxidation sites excluding steroid dienone is 1. The van der Waals surface area contributed by atoms with Crippen molar-refractivity contribution >= 4 is 0 Å². The number of rotatable bonds is 1. The second-order valence-electron chi connectivity index (χ2n) is 9.46. The van der Waals surface area contributed by atoms with Crippen LogP contribution in [0.3, 0.4) is 0 Å². The van der Waals surface area contributed by atoms with Crippen LogP contribution < -0.4 is 0 Å². The van der Waals surface area contributed by atoms with Crippen LogP contribution in [0.2, 0.25) is 0 Å². The largest absolute Gasteiger partial charge is 0.393 e. The van der Waals surface area contributed by atoms with Crippen molar-refractivity contribution in [3.05, 3.63) is 11.6 Å². The molecule has 0 heterocycles. The predicted molar refractivity (Wildman–Crippen MR) is 91.8 cm³/mol. The SMILES string of the molecule is CC[C@H]1CC[C@H]2[C@@H]3CCC4=CCC(O)C[C@]4(C)[C@@]3(F)CC[C@]12C. The summed E-state index contributed by atoms with van der Waals surface area (Å²) in [5, 5.41) is 10.2. The molecule has 1 unspecified atom stereocenters. The average molecular weight is 320 g/mol. The molecular weight excluding hydrogens is 287 g/mol. The van der Waals surface area contributed by atoms with Gasteiger partial charge in [-0.05, 0) is 74.5 Å². The summed E-state index contributed by atoms with van der Waals surface area (Å²) in [6.07, 6.45) is 10.8. The lowest BCUT2D eigenvalue weighted by Gasteiger charge is -2.62. The number of aliphatic hydroxyl groups excluding tert-OH is 1. The van der Waals surface area contributed by atoms with Crippen molar-refractivity contribution in [1.82, 2.24) is 0 Å². The van der Waals surface area contributed by atoms with Gasteiger partial charge in [-0.15, -0.1) is 0 Å². The van der Waals surface area contributed by atoms with Gasteiger partial charge in [0.25, 0.3) is 0 Å². The fourth-order valence-corrected chi connectivity index (χ4v) is 7.45. The smallest absolute Gasteiger partial charge is 0.123 e. The molecule has 4 aliphatic carbocycles. The third-order valence-electron chi connectivity index (χ3n) is 8.83. The Morgan fingerprint density at radius 3 is 2.70 bits per heavy atom. The van der Waals surface area contributed by atoms with Gasteiger partial charge in [0, 0.05) is 5.41 Å². The highest BCUT2D eigenvalue weighted by Gasteiger charge is 2.66. The van der Waals surface area contributed by atoms with Crippen LogP contribution in [0.15, 0.2) is 11.6 Å². The summed E-state index contributed by atoms with van der Waals surface area (Å²) >= 11 is 0. The van der Waals surface area contributed by atoms with Gasteiger partial charge in [0.2, 0.25) is 0 Å². The van der Waals surface area contributed by atoms with E-state index >= 15 is 4.39 Å². The maximum Gasteiger partial charge on any atom is 0.123 e. The zero-order valence-electron chi connectivity index (χ0n) is 15.1. The number of hydrogen-bond donors (Lipinski definition) is 1.